The van der Waals surface area contributed by atoms with E-state index in [4.69, 9.17) is 11.6 Å². The van der Waals surface area contributed by atoms with Crippen LogP contribution in [-0.2, 0) is 6.42 Å². The molecule has 1 atom stereocenters. The van der Waals surface area contributed by atoms with Crippen molar-refractivity contribution >= 4 is 23.4 Å². The van der Waals surface area contributed by atoms with Crippen molar-refractivity contribution in [3.05, 3.63) is 64.4 Å². The number of nitrogens with one attached hydrogen (secondary N) is 1. The van der Waals surface area contributed by atoms with Gasteiger partial charge in [0.15, 0.2) is 0 Å². The van der Waals surface area contributed by atoms with Crippen LogP contribution in [0.2, 0.25) is 5.02 Å². The van der Waals surface area contributed by atoms with E-state index in [1.165, 1.54) is 16.5 Å². The highest BCUT2D eigenvalue weighted by Gasteiger charge is 2.12. The highest BCUT2D eigenvalue weighted by molar-refractivity contribution is 7.98. The molecule has 4 heteroatoms. The number of likely N-dealkylation sites (N-methyl/N-ethyl adjacent to an activating group) is 1. The smallest absolute Gasteiger partial charge is 0.141 e. The number of hydrogen-bond acceptors (Lipinski definition) is 2. The molecule has 0 fully saturated rings. The predicted octanol–water partition coefficient (Wildman–Crippen LogP) is 5.09. The normalized spacial score (nSPS) is 12.4. The molecule has 0 bridgehead atoms. The summed E-state index contributed by atoms with van der Waals surface area (Å²) in [6, 6.07) is 13.7. The van der Waals surface area contributed by atoms with Crippen LogP contribution in [0.1, 0.15) is 24.1 Å². The molecule has 2 aromatic rings. The monoisotopic (exact) mass is 323 g/mol. The average molecular weight is 324 g/mol. The Labute approximate surface area is 134 Å². The first kappa shape index (κ1) is 16.3. The van der Waals surface area contributed by atoms with Gasteiger partial charge >= 0.3 is 0 Å². The Balaban J connectivity index is 2.19. The first-order valence-corrected chi connectivity index (χ1v) is 8.55. The quantitative estimate of drug-likeness (QED) is 0.743. The fraction of sp³-hybridized carbons (Fsp3) is 0.294. The first-order chi connectivity index (χ1) is 10.1. The van der Waals surface area contributed by atoms with Gasteiger partial charge < -0.3 is 5.32 Å². The third-order valence-corrected chi connectivity index (χ3v) is 4.43. The van der Waals surface area contributed by atoms with Crippen molar-refractivity contribution in [2.45, 2.75) is 24.3 Å². The molecule has 0 aliphatic heterocycles. The molecule has 2 rings (SSSR count). The summed E-state index contributed by atoms with van der Waals surface area (Å²) in [5.41, 5.74) is 2.26. The van der Waals surface area contributed by atoms with Crippen LogP contribution in [0.25, 0.3) is 0 Å². The molecule has 0 saturated carbocycles. The molecule has 0 aliphatic rings. The van der Waals surface area contributed by atoms with E-state index in [1.807, 2.05) is 0 Å². The third-order valence-electron chi connectivity index (χ3n) is 3.39. The lowest BCUT2D eigenvalue weighted by molar-refractivity contribution is 0.548. The SMILES string of the molecule is CCNC(Cc1ccc(F)c(Cl)c1)c1ccc(SC)cc1. The van der Waals surface area contributed by atoms with E-state index in [2.05, 4.69) is 42.8 Å². The van der Waals surface area contributed by atoms with E-state index in [-0.39, 0.29) is 16.9 Å². The number of benzene rings is 2. The second kappa shape index (κ2) is 7.83. The zero-order valence-corrected chi connectivity index (χ0v) is 13.8. The minimum absolute atomic E-state index is 0.181. The molecule has 1 unspecified atom stereocenters. The van der Waals surface area contributed by atoms with Gasteiger partial charge in [-0.2, -0.15) is 0 Å². The van der Waals surface area contributed by atoms with Crippen LogP contribution in [0, 0.1) is 5.82 Å². The minimum Gasteiger partial charge on any atom is -0.310 e. The summed E-state index contributed by atoms with van der Waals surface area (Å²) in [7, 11) is 0. The van der Waals surface area contributed by atoms with Crippen molar-refractivity contribution in [2.75, 3.05) is 12.8 Å². The van der Waals surface area contributed by atoms with Crippen molar-refractivity contribution in [1.29, 1.82) is 0 Å². The molecule has 1 N–H and O–H groups in total. The molecular formula is C17H19ClFNS. The lowest BCUT2D eigenvalue weighted by Gasteiger charge is -2.19. The van der Waals surface area contributed by atoms with Gasteiger partial charge in [0.05, 0.1) is 5.02 Å². The number of thioether (sulfide) groups is 1. The summed E-state index contributed by atoms with van der Waals surface area (Å²) < 4.78 is 13.2. The Bertz CT molecular complexity index is 586. The third kappa shape index (κ3) is 4.47. The van der Waals surface area contributed by atoms with E-state index in [0.29, 0.717) is 0 Å². The van der Waals surface area contributed by atoms with E-state index in [1.54, 1.807) is 23.9 Å². The van der Waals surface area contributed by atoms with Crippen molar-refractivity contribution in [3.8, 4) is 0 Å². The van der Waals surface area contributed by atoms with Gasteiger partial charge in [-0.25, -0.2) is 4.39 Å². The first-order valence-electron chi connectivity index (χ1n) is 6.95. The summed E-state index contributed by atoms with van der Waals surface area (Å²) in [6.45, 7) is 2.96. The lowest BCUT2D eigenvalue weighted by atomic mass is 9.99. The van der Waals surface area contributed by atoms with Gasteiger partial charge in [0.1, 0.15) is 5.82 Å². The fourth-order valence-corrected chi connectivity index (χ4v) is 2.90. The van der Waals surface area contributed by atoms with Crippen LogP contribution in [0.4, 0.5) is 4.39 Å². The van der Waals surface area contributed by atoms with Gasteiger partial charge in [-0.3, -0.25) is 0 Å². The predicted molar refractivity (Wildman–Crippen MR) is 89.8 cm³/mol. The van der Waals surface area contributed by atoms with Gasteiger partial charge in [0.2, 0.25) is 0 Å². The van der Waals surface area contributed by atoms with Crippen LogP contribution < -0.4 is 5.32 Å². The molecule has 0 amide bonds. The largest absolute Gasteiger partial charge is 0.310 e. The maximum Gasteiger partial charge on any atom is 0.141 e. The molecule has 0 aliphatic carbocycles. The van der Waals surface area contributed by atoms with Crippen LogP contribution in [-0.4, -0.2) is 12.8 Å². The summed E-state index contributed by atoms with van der Waals surface area (Å²) in [6.07, 6.45) is 2.85. The highest BCUT2D eigenvalue weighted by Crippen LogP contribution is 2.24. The number of hydrogen-bond donors (Lipinski definition) is 1. The minimum atomic E-state index is -0.371. The Morgan fingerprint density at radius 2 is 1.90 bits per heavy atom. The van der Waals surface area contributed by atoms with Crippen LogP contribution in [0.15, 0.2) is 47.4 Å². The van der Waals surface area contributed by atoms with Gasteiger partial charge in [-0.05, 0) is 54.6 Å². The molecule has 21 heavy (non-hydrogen) atoms. The molecule has 0 saturated heterocycles. The summed E-state index contributed by atoms with van der Waals surface area (Å²) in [4.78, 5) is 1.25. The summed E-state index contributed by atoms with van der Waals surface area (Å²) >= 11 is 7.59. The van der Waals surface area contributed by atoms with E-state index in [9.17, 15) is 4.39 Å². The van der Waals surface area contributed by atoms with E-state index in [0.717, 1.165) is 18.5 Å². The second-order valence-electron chi connectivity index (χ2n) is 4.84. The lowest BCUT2D eigenvalue weighted by Crippen LogP contribution is -2.22. The second-order valence-corrected chi connectivity index (χ2v) is 6.12. The van der Waals surface area contributed by atoms with Crippen molar-refractivity contribution in [3.63, 3.8) is 0 Å². The van der Waals surface area contributed by atoms with Gasteiger partial charge in [0, 0.05) is 10.9 Å². The van der Waals surface area contributed by atoms with Gasteiger partial charge in [-0.1, -0.05) is 36.7 Å². The van der Waals surface area contributed by atoms with E-state index < -0.39 is 0 Å². The standard InChI is InChI=1S/C17H19ClFNS/c1-3-20-17(13-5-7-14(21-2)8-6-13)11-12-4-9-16(19)15(18)10-12/h4-10,17,20H,3,11H2,1-2H3. The van der Waals surface area contributed by atoms with Crippen molar-refractivity contribution in [1.82, 2.24) is 5.32 Å². The zero-order chi connectivity index (χ0) is 15.2. The van der Waals surface area contributed by atoms with Crippen LogP contribution >= 0.6 is 23.4 Å². The maximum absolute atomic E-state index is 13.2. The maximum atomic E-state index is 13.2. The Morgan fingerprint density at radius 1 is 1.19 bits per heavy atom. The number of halogens is 2. The zero-order valence-electron chi connectivity index (χ0n) is 12.2. The van der Waals surface area contributed by atoms with Gasteiger partial charge in [-0.15, -0.1) is 11.8 Å². The molecule has 2 aromatic carbocycles. The van der Waals surface area contributed by atoms with Gasteiger partial charge in [0.25, 0.3) is 0 Å². The Hall–Kier alpha value is -1.03. The molecule has 1 nitrogen and oxygen atoms in total. The summed E-state index contributed by atoms with van der Waals surface area (Å²) in [5, 5.41) is 3.66. The van der Waals surface area contributed by atoms with Crippen molar-refractivity contribution in [2.24, 2.45) is 0 Å². The average Bonchev–Trinajstić information content (AvgIpc) is 2.50. The van der Waals surface area contributed by atoms with Crippen LogP contribution in [0.5, 0.6) is 0 Å². The Morgan fingerprint density at radius 3 is 2.48 bits per heavy atom. The highest BCUT2D eigenvalue weighted by atomic mass is 35.5. The fourth-order valence-electron chi connectivity index (χ4n) is 2.29. The molecule has 0 radical (unpaired) electrons. The van der Waals surface area contributed by atoms with Crippen molar-refractivity contribution < 1.29 is 4.39 Å². The van der Waals surface area contributed by atoms with E-state index >= 15 is 0 Å². The van der Waals surface area contributed by atoms with Crippen LogP contribution in [0.3, 0.4) is 0 Å². The molecule has 0 aromatic heterocycles. The Kier molecular flexibility index (Phi) is 6.09. The number of rotatable bonds is 6. The molecular weight excluding hydrogens is 305 g/mol. The molecule has 0 heterocycles. The topological polar surface area (TPSA) is 12.0 Å². The molecule has 112 valence electrons. The summed E-state index contributed by atoms with van der Waals surface area (Å²) in [5.74, 6) is -0.371. The molecule has 0 spiro atoms.